The second-order valence-corrected chi connectivity index (χ2v) is 6.98. The monoisotopic (exact) mass is 414 g/mol. The minimum atomic E-state index is -0.530. The van der Waals surface area contributed by atoms with Crippen LogP contribution in [0.4, 0.5) is 0 Å². The van der Waals surface area contributed by atoms with Crippen LogP contribution in [0.25, 0.3) is 0 Å². The maximum Gasteiger partial charge on any atom is 0.275 e. The largest absolute Gasteiger partial charge is 0.497 e. The molecule has 7 heteroatoms. The molecule has 4 rings (SSSR count). The van der Waals surface area contributed by atoms with Crippen LogP contribution in [-0.2, 0) is 0 Å². The number of nitrogens with zero attached hydrogens (tertiary/aromatic N) is 2. The summed E-state index contributed by atoms with van der Waals surface area (Å²) in [6, 6.07) is 25.3. The molecule has 156 valence electrons. The lowest BCUT2D eigenvalue weighted by Crippen LogP contribution is -2.51. The van der Waals surface area contributed by atoms with Gasteiger partial charge in [0.1, 0.15) is 11.9 Å². The van der Waals surface area contributed by atoms with E-state index in [1.54, 1.807) is 55.6 Å². The Morgan fingerprint density at radius 2 is 1.52 bits per heavy atom. The topological polar surface area (TPSA) is 83.0 Å². The van der Waals surface area contributed by atoms with E-state index in [2.05, 4.69) is 16.0 Å². The van der Waals surface area contributed by atoms with Crippen molar-refractivity contribution >= 4 is 17.5 Å². The molecule has 1 aliphatic rings. The molecular formula is C24H22N4O3. The van der Waals surface area contributed by atoms with E-state index in [1.807, 2.05) is 36.4 Å². The van der Waals surface area contributed by atoms with Crippen LogP contribution in [0.3, 0.4) is 0 Å². The Morgan fingerprint density at radius 1 is 0.903 bits per heavy atom. The summed E-state index contributed by atoms with van der Waals surface area (Å²) in [5, 5.41) is 5.94. The van der Waals surface area contributed by atoms with Gasteiger partial charge >= 0.3 is 0 Å². The number of hydrazine groups is 1. The molecule has 0 fully saturated rings. The van der Waals surface area contributed by atoms with Crippen molar-refractivity contribution in [3.8, 4) is 5.75 Å². The van der Waals surface area contributed by atoms with Crippen LogP contribution in [0, 0.1) is 0 Å². The lowest BCUT2D eigenvalue weighted by molar-refractivity contribution is 0.0646. The maximum absolute atomic E-state index is 13.1. The first-order valence-electron chi connectivity index (χ1n) is 9.87. The van der Waals surface area contributed by atoms with Crippen molar-refractivity contribution in [2.45, 2.75) is 12.6 Å². The summed E-state index contributed by atoms with van der Waals surface area (Å²) < 4.78 is 5.21. The van der Waals surface area contributed by atoms with Crippen molar-refractivity contribution < 1.29 is 14.3 Å². The Bertz CT molecular complexity index is 1080. The quantitative estimate of drug-likeness (QED) is 0.607. The third kappa shape index (κ3) is 4.62. The van der Waals surface area contributed by atoms with Crippen molar-refractivity contribution in [1.82, 2.24) is 15.9 Å². The summed E-state index contributed by atoms with van der Waals surface area (Å²) in [7, 11) is 1.61. The summed E-state index contributed by atoms with van der Waals surface area (Å²) in [6.07, 6.45) is -0.0996. The molecular weight excluding hydrogens is 392 g/mol. The van der Waals surface area contributed by atoms with E-state index in [0.717, 1.165) is 17.0 Å². The number of hydrazone groups is 1. The Hall–Kier alpha value is -3.97. The van der Waals surface area contributed by atoms with E-state index in [9.17, 15) is 9.59 Å². The van der Waals surface area contributed by atoms with Gasteiger partial charge in [-0.05, 0) is 54.1 Å². The second kappa shape index (κ2) is 9.23. The summed E-state index contributed by atoms with van der Waals surface area (Å²) in [6.45, 7) is 0. The van der Waals surface area contributed by atoms with E-state index in [4.69, 9.17) is 4.74 Å². The highest BCUT2D eigenvalue weighted by Crippen LogP contribution is 2.22. The normalized spacial score (nSPS) is 15.3. The van der Waals surface area contributed by atoms with E-state index in [-0.39, 0.29) is 11.8 Å². The fourth-order valence-electron chi connectivity index (χ4n) is 3.29. The van der Waals surface area contributed by atoms with Crippen LogP contribution < -0.4 is 15.6 Å². The number of nitrogens with one attached hydrogen (secondary N) is 2. The molecule has 1 atom stereocenters. The predicted octanol–water partition coefficient (Wildman–Crippen LogP) is 3.21. The van der Waals surface area contributed by atoms with Crippen molar-refractivity contribution in [2.24, 2.45) is 5.10 Å². The highest BCUT2D eigenvalue weighted by atomic mass is 16.5. The first-order valence-corrected chi connectivity index (χ1v) is 9.87. The maximum atomic E-state index is 13.1. The van der Waals surface area contributed by atoms with Crippen molar-refractivity contribution in [3.05, 3.63) is 102 Å². The van der Waals surface area contributed by atoms with Crippen molar-refractivity contribution in [1.29, 1.82) is 0 Å². The third-order valence-corrected chi connectivity index (χ3v) is 4.95. The number of hydrogen-bond donors (Lipinski definition) is 2. The van der Waals surface area contributed by atoms with E-state index in [0.29, 0.717) is 17.5 Å². The van der Waals surface area contributed by atoms with Gasteiger partial charge in [0.25, 0.3) is 11.8 Å². The Morgan fingerprint density at radius 3 is 2.13 bits per heavy atom. The average Bonchev–Trinajstić information content (AvgIpc) is 3.27. The molecule has 0 bridgehead atoms. The number of carbonyl (C=O) groups is 2. The zero-order valence-corrected chi connectivity index (χ0v) is 17.0. The zero-order chi connectivity index (χ0) is 21.6. The molecule has 0 unspecified atom stereocenters. The van der Waals surface area contributed by atoms with Gasteiger partial charge in [-0.2, -0.15) is 5.10 Å². The summed E-state index contributed by atoms with van der Waals surface area (Å²) in [5.41, 5.74) is 8.31. The molecule has 1 aliphatic heterocycles. The van der Waals surface area contributed by atoms with Crippen molar-refractivity contribution in [3.63, 3.8) is 0 Å². The van der Waals surface area contributed by atoms with Crippen LogP contribution in [0.5, 0.6) is 5.75 Å². The Labute approximate surface area is 180 Å². The number of benzene rings is 3. The van der Waals surface area contributed by atoms with Crippen LogP contribution in [0.15, 0.2) is 90.0 Å². The Balaban J connectivity index is 1.55. The molecule has 2 amide bonds. The molecule has 0 spiro atoms. The fraction of sp³-hybridized carbons (Fsp3) is 0.125. The molecule has 0 aromatic heterocycles. The summed E-state index contributed by atoms with van der Waals surface area (Å²) in [5.74, 6) is 0.200. The van der Waals surface area contributed by atoms with E-state index >= 15 is 0 Å². The van der Waals surface area contributed by atoms with Crippen LogP contribution in [-0.4, -0.2) is 35.8 Å². The Kier molecular flexibility index (Phi) is 6.05. The molecule has 0 saturated heterocycles. The number of hydrogen-bond acceptors (Lipinski definition) is 5. The minimum Gasteiger partial charge on any atom is -0.497 e. The molecule has 0 saturated carbocycles. The highest BCUT2D eigenvalue weighted by Gasteiger charge is 2.32. The fourth-order valence-corrected chi connectivity index (χ4v) is 3.29. The van der Waals surface area contributed by atoms with Crippen LogP contribution >= 0.6 is 0 Å². The first-order chi connectivity index (χ1) is 15.2. The van der Waals surface area contributed by atoms with E-state index < -0.39 is 6.17 Å². The molecule has 7 nitrogen and oxygen atoms in total. The highest BCUT2D eigenvalue weighted by molar-refractivity contribution is 6.05. The first kappa shape index (κ1) is 20.3. The van der Waals surface area contributed by atoms with Crippen molar-refractivity contribution in [2.75, 3.05) is 7.11 Å². The molecule has 3 aromatic carbocycles. The van der Waals surface area contributed by atoms with Gasteiger partial charge < -0.3 is 4.74 Å². The lowest BCUT2D eigenvalue weighted by Gasteiger charge is -2.23. The zero-order valence-electron chi connectivity index (χ0n) is 17.0. The number of rotatable bonds is 6. The molecule has 0 radical (unpaired) electrons. The van der Waals surface area contributed by atoms with Crippen LogP contribution in [0.2, 0.25) is 0 Å². The lowest BCUT2D eigenvalue weighted by atomic mass is 10.1. The molecule has 2 N–H and O–H groups in total. The molecule has 3 aromatic rings. The summed E-state index contributed by atoms with van der Waals surface area (Å²) >= 11 is 0. The molecule has 31 heavy (non-hydrogen) atoms. The number of ether oxygens (including phenoxy) is 1. The van der Waals surface area contributed by atoms with Gasteiger partial charge in [-0.15, -0.1) is 0 Å². The minimum absolute atomic E-state index is 0.254. The third-order valence-electron chi connectivity index (χ3n) is 4.95. The van der Waals surface area contributed by atoms with Gasteiger partial charge in [0, 0.05) is 17.5 Å². The van der Waals surface area contributed by atoms with Gasteiger partial charge in [-0.1, -0.05) is 36.4 Å². The number of amides is 2. The van der Waals surface area contributed by atoms with Gasteiger partial charge in [-0.3, -0.25) is 15.0 Å². The molecule has 1 heterocycles. The van der Waals surface area contributed by atoms with Gasteiger partial charge in [0.05, 0.1) is 12.8 Å². The molecule has 0 aliphatic carbocycles. The van der Waals surface area contributed by atoms with Gasteiger partial charge in [0.2, 0.25) is 0 Å². The summed E-state index contributed by atoms with van der Waals surface area (Å²) in [4.78, 5) is 25.5. The predicted molar refractivity (Wildman–Crippen MR) is 118 cm³/mol. The smallest absolute Gasteiger partial charge is 0.275 e. The average molecular weight is 414 g/mol. The number of methoxy groups -OCH3 is 1. The standard InChI is InChI=1S/C24H22N4O3/c1-31-20-14-12-17(13-15-20)21-16-22(25-26-23(29)18-8-4-2-5-9-18)28(27-21)24(30)19-10-6-3-7-11-19/h2-15,22,25H,16H2,1H3,(H,26,29)/t22-/m0/s1. The second-order valence-electron chi connectivity index (χ2n) is 6.98. The van der Waals surface area contributed by atoms with Crippen LogP contribution in [0.1, 0.15) is 32.7 Å². The van der Waals surface area contributed by atoms with Gasteiger partial charge in [0.15, 0.2) is 0 Å². The van der Waals surface area contributed by atoms with E-state index in [1.165, 1.54) is 5.01 Å². The number of carbonyl (C=O) groups excluding carboxylic acids is 2. The SMILES string of the molecule is COc1ccc(C2=NN(C(=O)c3ccccc3)[C@H](NNC(=O)c3ccccc3)C2)cc1. The van der Waals surface area contributed by atoms with Gasteiger partial charge in [-0.25, -0.2) is 10.4 Å².